The van der Waals surface area contributed by atoms with Gasteiger partial charge in [-0.25, -0.2) is 4.98 Å². The summed E-state index contributed by atoms with van der Waals surface area (Å²) < 4.78 is 1.02. The number of anilines is 1. The van der Waals surface area contributed by atoms with Crippen molar-refractivity contribution < 1.29 is 0 Å². The molecule has 1 heterocycles. The quantitative estimate of drug-likeness (QED) is 0.583. The molecule has 0 aromatic carbocycles. The molecule has 0 atom stereocenters. The van der Waals surface area contributed by atoms with Crippen LogP contribution in [-0.2, 0) is 6.54 Å². The molecule has 0 spiro atoms. The molecule has 1 N–H and O–H groups in total. The molecule has 3 nitrogen and oxygen atoms in total. The van der Waals surface area contributed by atoms with E-state index in [1.807, 2.05) is 12.3 Å². The monoisotopic (exact) mass is 325 g/mol. The first-order valence-corrected chi connectivity index (χ1v) is 7.62. The van der Waals surface area contributed by atoms with Gasteiger partial charge in [-0.1, -0.05) is 13.0 Å². The van der Waals surface area contributed by atoms with Gasteiger partial charge in [0.2, 0.25) is 0 Å². The Morgan fingerprint density at radius 3 is 2.84 bits per heavy atom. The fraction of sp³-hybridized carbons (Fsp3) is 0.533. The molecular formula is C15H24BrN3. The highest BCUT2D eigenvalue weighted by Crippen LogP contribution is 2.23. The smallest absolute Gasteiger partial charge is 0.133 e. The maximum atomic E-state index is 4.59. The lowest BCUT2D eigenvalue weighted by Crippen LogP contribution is -2.33. The van der Waals surface area contributed by atoms with Crippen LogP contribution in [0.2, 0.25) is 0 Å². The minimum absolute atomic E-state index is 0.400. The van der Waals surface area contributed by atoms with Gasteiger partial charge in [-0.15, -0.1) is 6.58 Å². The maximum absolute atomic E-state index is 4.59. The van der Waals surface area contributed by atoms with Gasteiger partial charge in [0.1, 0.15) is 5.82 Å². The minimum Gasteiger partial charge on any atom is -0.350 e. The van der Waals surface area contributed by atoms with E-state index < -0.39 is 0 Å². The number of nitrogens with zero attached hydrogens (tertiary/aromatic N) is 2. The predicted molar refractivity (Wildman–Crippen MR) is 86.6 cm³/mol. The van der Waals surface area contributed by atoms with Crippen LogP contribution in [-0.4, -0.2) is 24.1 Å². The van der Waals surface area contributed by atoms with E-state index in [0.717, 1.165) is 36.3 Å². The molecule has 4 heteroatoms. The molecule has 0 aliphatic rings. The third-order valence-electron chi connectivity index (χ3n) is 2.87. The largest absolute Gasteiger partial charge is 0.350 e. The van der Waals surface area contributed by atoms with Crippen molar-refractivity contribution in [1.29, 1.82) is 0 Å². The molecule has 1 aromatic heterocycles. The van der Waals surface area contributed by atoms with Crippen LogP contribution >= 0.6 is 15.9 Å². The van der Waals surface area contributed by atoms with Gasteiger partial charge < -0.3 is 10.2 Å². The molecule has 106 valence electrons. The Bertz CT molecular complexity index is 404. The van der Waals surface area contributed by atoms with Crippen molar-refractivity contribution in [2.75, 3.05) is 18.0 Å². The van der Waals surface area contributed by atoms with Crippen LogP contribution in [0.1, 0.15) is 32.8 Å². The highest BCUT2D eigenvalue weighted by Gasteiger charge is 2.15. The topological polar surface area (TPSA) is 28.2 Å². The number of aromatic nitrogens is 1. The van der Waals surface area contributed by atoms with Crippen molar-refractivity contribution in [2.24, 2.45) is 0 Å². The van der Waals surface area contributed by atoms with Crippen LogP contribution < -0.4 is 10.2 Å². The SMILES string of the molecule is C=CCN(c1ncc(Br)cc1CNCCC)C(C)C. The van der Waals surface area contributed by atoms with Gasteiger partial charge in [0, 0.05) is 35.4 Å². The number of nitrogens with one attached hydrogen (secondary N) is 1. The van der Waals surface area contributed by atoms with E-state index in [4.69, 9.17) is 0 Å². The zero-order chi connectivity index (χ0) is 14.3. The molecule has 19 heavy (non-hydrogen) atoms. The predicted octanol–water partition coefficient (Wildman–Crippen LogP) is 3.74. The average molecular weight is 326 g/mol. The molecule has 0 saturated carbocycles. The summed E-state index contributed by atoms with van der Waals surface area (Å²) in [5, 5.41) is 3.44. The molecule has 0 saturated heterocycles. The maximum Gasteiger partial charge on any atom is 0.133 e. The lowest BCUT2D eigenvalue weighted by molar-refractivity contribution is 0.660. The lowest BCUT2D eigenvalue weighted by atomic mass is 10.2. The third-order valence-corrected chi connectivity index (χ3v) is 3.31. The third kappa shape index (κ3) is 4.96. The first-order chi connectivity index (χ1) is 9.10. The number of halogens is 1. The number of rotatable bonds is 8. The summed E-state index contributed by atoms with van der Waals surface area (Å²) in [6, 6.07) is 2.54. The Kier molecular flexibility index (Phi) is 7.10. The van der Waals surface area contributed by atoms with Crippen LogP contribution in [0.3, 0.4) is 0 Å². The Morgan fingerprint density at radius 2 is 2.26 bits per heavy atom. The van der Waals surface area contributed by atoms with E-state index in [1.165, 1.54) is 5.56 Å². The van der Waals surface area contributed by atoms with Crippen molar-refractivity contribution >= 4 is 21.7 Å². The highest BCUT2D eigenvalue weighted by atomic mass is 79.9. The number of pyridine rings is 1. The van der Waals surface area contributed by atoms with Crippen LogP contribution in [0.5, 0.6) is 0 Å². The van der Waals surface area contributed by atoms with E-state index in [9.17, 15) is 0 Å². The summed E-state index contributed by atoms with van der Waals surface area (Å²) >= 11 is 3.50. The molecule has 1 rings (SSSR count). The lowest BCUT2D eigenvalue weighted by Gasteiger charge is -2.28. The van der Waals surface area contributed by atoms with Gasteiger partial charge in [-0.3, -0.25) is 0 Å². The van der Waals surface area contributed by atoms with Gasteiger partial charge in [0.15, 0.2) is 0 Å². The fourth-order valence-electron chi connectivity index (χ4n) is 1.94. The summed E-state index contributed by atoms with van der Waals surface area (Å²) in [6.07, 6.45) is 4.92. The summed E-state index contributed by atoms with van der Waals surface area (Å²) in [4.78, 5) is 6.85. The van der Waals surface area contributed by atoms with E-state index in [1.54, 1.807) is 0 Å². The molecule has 0 bridgehead atoms. The van der Waals surface area contributed by atoms with E-state index in [-0.39, 0.29) is 0 Å². The van der Waals surface area contributed by atoms with Gasteiger partial charge in [0.25, 0.3) is 0 Å². The Hall–Kier alpha value is -0.870. The number of hydrogen-bond donors (Lipinski definition) is 1. The summed E-state index contributed by atoms with van der Waals surface area (Å²) in [6.45, 7) is 13.0. The fourth-order valence-corrected chi connectivity index (χ4v) is 2.32. The van der Waals surface area contributed by atoms with Gasteiger partial charge in [-0.2, -0.15) is 0 Å². The first-order valence-electron chi connectivity index (χ1n) is 6.82. The molecule has 1 aromatic rings. The second-order valence-corrected chi connectivity index (χ2v) is 5.76. The van der Waals surface area contributed by atoms with Crippen molar-refractivity contribution in [3.05, 3.63) is 35.0 Å². The normalized spacial score (nSPS) is 10.8. The molecular weight excluding hydrogens is 302 g/mol. The molecule has 0 radical (unpaired) electrons. The Morgan fingerprint density at radius 1 is 1.53 bits per heavy atom. The van der Waals surface area contributed by atoms with Crippen molar-refractivity contribution in [3.8, 4) is 0 Å². The van der Waals surface area contributed by atoms with Crippen LogP contribution in [0.25, 0.3) is 0 Å². The van der Waals surface area contributed by atoms with Crippen molar-refractivity contribution in [3.63, 3.8) is 0 Å². The highest BCUT2D eigenvalue weighted by molar-refractivity contribution is 9.10. The van der Waals surface area contributed by atoms with E-state index >= 15 is 0 Å². The summed E-state index contributed by atoms with van der Waals surface area (Å²) in [7, 11) is 0. The van der Waals surface area contributed by atoms with Crippen LogP contribution in [0.15, 0.2) is 29.4 Å². The minimum atomic E-state index is 0.400. The second kappa shape index (κ2) is 8.33. The van der Waals surface area contributed by atoms with Crippen LogP contribution in [0, 0.1) is 0 Å². The zero-order valence-electron chi connectivity index (χ0n) is 12.1. The molecule has 0 fully saturated rings. The van der Waals surface area contributed by atoms with Crippen molar-refractivity contribution in [1.82, 2.24) is 10.3 Å². The van der Waals surface area contributed by atoms with Gasteiger partial charge in [0.05, 0.1) is 0 Å². The molecule has 0 unspecified atom stereocenters. The second-order valence-electron chi connectivity index (χ2n) is 4.85. The molecule has 0 amide bonds. The van der Waals surface area contributed by atoms with E-state index in [2.05, 4.69) is 64.5 Å². The summed E-state index contributed by atoms with van der Waals surface area (Å²) in [5.74, 6) is 1.04. The van der Waals surface area contributed by atoms with Crippen molar-refractivity contribution in [2.45, 2.75) is 39.8 Å². The Labute approximate surface area is 125 Å². The van der Waals surface area contributed by atoms with Gasteiger partial charge in [-0.05, 0) is 48.8 Å². The van der Waals surface area contributed by atoms with Crippen LogP contribution in [0.4, 0.5) is 5.82 Å². The van der Waals surface area contributed by atoms with E-state index in [0.29, 0.717) is 6.04 Å². The molecule has 0 aliphatic heterocycles. The van der Waals surface area contributed by atoms with Gasteiger partial charge >= 0.3 is 0 Å². The summed E-state index contributed by atoms with van der Waals surface area (Å²) in [5.41, 5.74) is 1.22. The standard InChI is InChI=1S/C15H24BrN3/c1-5-7-17-10-13-9-14(16)11-18-15(13)19(8-6-2)12(3)4/h6,9,11-12,17H,2,5,7-8,10H2,1,3-4H3. The zero-order valence-corrected chi connectivity index (χ0v) is 13.7. The Balaban J connectivity index is 2.98. The first kappa shape index (κ1) is 16.2. The molecule has 0 aliphatic carbocycles. The number of hydrogen-bond acceptors (Lipinski definition) is 3. The average Bonchev–Trinajstić information content (AvgIpc) is 2.37.